The lowest BCUT2D eigenvalue weighted by molar-refractivity contribution is -0.167. The third-order valence-corrected chi connectivity index (χ3v) is 6.93. The van der Waals surface area contributed by atoms with Crippen LogP contribution in [0.25, 0.3) is 0 Å². The van der Waals surface area contributed by atoms with E-state index in [1.165, 1.54) is 11.8 Å². The highest BCUT2D eigenvalue weighted by Gasteiger charge is 2.34. The van der Waals surface area contributed by atoms with Crippen molar-refractivity contribution in [3.63, 3.8) is 0 Å². The number of para-hydroxylation sites is 1. The lowest BCUT2D eigenvalue weighted by Gasteiger charge is -2.36. The smallest absolute Gasteiger partial charge is 0.344 e. The van der Waals surface area contributed by atoms with Crippen LogP contribution in [-0.2, 0) is 23.9 Å². The van der Waals surface area contributed by atoms with E-state index in [0.29, 0.717) is 17.8 Å². The van der Waals surface area contributed by atoms with Gasteiger partial charge in [-0.2, -0.15) is 0 Å². The summed E-state index contributed by atoms with van der Waals surface area (Å²) in [5.74, 6) is -0.0271. The molecule has 1 aliphatic heterocycles. The molecule has 158 valence electrons. The molecule has 0 saturated heterocycles. The fourth-order valence-corrected chi connectivity index (χ4v) is 5.12. The summed E-state index contributed by atoms with van der Waals surface area (Å²) in [6, 6.07) is 7.44. The zero-order valence-corrected chi connectivity index (χ0v) is 18.0. The lowest BCUT2D eigenvalue weighted by atomic mass is 9.75. The van der Waals surface area contributed by atoms with Crippen molar-refractivity contribution in [1.29, 1.82) is 0 Å². The monoisotopic (exact) mass is 419 g/mol. The van der Waals surface area contributed by atoms with Gasteiger partial charge in [-0.1, -0.05) is 39.3 Å². The predicted octanol–water partition coefficient (Wildman–Crippen LogP) is 4.04. The van der Waals surface area contributed by atoms with Gasteiger partial charge in [0.2, 0.25) is 5.91 Å². The van der Waals surface area contributed by atoms with Crippen LogP contribution in [0.15, 0.2) is 29.2 Å². The van der Waals surface area contributed by atoms with Gasteiger partial charge in [0.05, 0.1) is 17.4 Å². The molecular weight excluding hydrogens is 390 g/mol. The van der Waals surface area contributed by atoms with Gasteiger partial charge >= 0.3 is 11.9 Å². The summed E-state index contributed by atoms with van der Waals surface area (Å²) in [5.41, 5.74) is 0.747. The Labute approximate surface area is 176 Å². The highest BCUT2D eigenvalue weighted by Crippen LogP contribution is 2.37. The predicted molar refractivity (Wildman–Crippen MR) is 112 cm³/mol. The number of nitrogens with one attached hydrogen (secondary N) is 1. The number of carbonyl (C=O) groups excluding carboxylic acids is 3. The molecule has 29 heavy (non-hydrogen) atoms. The molecule has 0 unspecified atom stereocenters. The Morgan fingerprint density at radius 3 is 2.72 bits per heavy atom. The molecule has 1 N–H and O–H groups in total. The van der Waals surface area contributed by atoms with E-state index >= 15 is 0 Å². The summed E-state index contributed by atoms with van der Waals surface area (Å²) in [6.45, 7) is 6.05. The van der Waals surface area contributed by atoms with Crippen LogP contribution in [0, 0.1) is 17.8 Å². The van der Waals surface area contributed by atoms with E-state index in [2.05, 4.69) is 26.1 Å². The Hall–Kier alpha value is -2.02. The van der Waals surface area contributed by atoms with Crippen LogP contribution in [0.3, 0.4) is 0 Å². The maximum atomic E-state index is 12.2. The van der Waals surface area contributed by atoms with Gasteiger partial charge in [-0.15, -0.1) is 11.8 Å². The van der Waals surface area contributed by atoms with Crippen molar-refractivity contribution in [2.24, 2.45) is 17.8 Å². The van der Waals surface area contributed by atoms with Crippen molar-refractivity contribution < 1.29 is 23.9 Å². The molecule has 0 radical (unpaired) electrons. The van der Waals surface area contributed by atoms with Crippen LogP contribution < -0.4 is 5.32 Å². The van der Waals surface area contributed by atoms with Gasteiger partial charge in [0.15, 0.2) is 6.61 Å². The molecule has 4 atom stereocenters. The van der Waals surface area contributed by atoms with E-state index in [4.69, 9.17) is 9.47 Å². The second-order valence-electron chi connectivity index (χ2n) is 8.31. The number of hydrogen-bond donors (Lipinski definition) is 1. The summed E-state index contributed by atoms with van der Waals surface area (Å²) >= 11 is 1.33. The van der Waals surface area contributed by atoms with Crippen LogP contribution in [-0.4, -0.2) is 35.8 Å². The first kappa shape index (κ1) is 21.7. The summed E-state index contributed by atoms with van der Waals surface area (Å²) in [4.78, 5) is 37.5. The van der Waals surface area contributed by atoms with Crippen LogP contribution in [0.5, 0.6) is 0 Å². The molecule has 0 spiro atoms. The van der Waals surface area contributed by atoms with Gasteiger partial charge in [-0.3, -0.25) is 9.59 Å². The fourth-order valence-electron chi connectivity index (χ4n) is 4.03. The quantitative estimate of drug-likeness (QED) is 0.701. The normalized spacial score (nSPS) is 26.4. The Morgan fingerprint density at radius 1 is 1.21 bits per heavy atom. The largest absolute Gasteiger partial charge is 0.460 e. The zero-order chi connectivity index (χ0) is 21.0. The van der Waals surface area contributed by atoms with Gasteiger partial charge in [-0.25, -0.2) is 4.79 Å². The van der Waals surface area contributed by atoms with E-state index in [-0.39, 0.29) is 18.4 Å². The molecule has 1 aliphatic carbocycles. The van der Waals surface area contributed by atoms with Crippen molar-refractivity contribution in [3.05, 3.63) is 24.3 Å². The van der Waals surface area contributed by atoms with Crippen LogP contribution >= 0.6 is 11.8 Å². The van der Waals surface area contributed by atoms with Crippen molar-refractivity contribution in [3.8, 4) is 0 Å². The number of rotatable bonds is 6. The highest BCUT2D eigenvalue weighted by atomic mass is 32.2. The summed E-state index contributed by atoms with van der Waals surface area (Å²) in [6.07, 6.45) is 2.83. The van der Waals surface area contributed by atoms with Crippen molar-refractivity contribution in [1.82, 2.24) is 0 Å². The number of thioether (sulfide) groups is 1. The van der Waals surface area contributed by atoms with Gasteiger partial charge in [0, 0.05) is 4.90 Å². The maximum absolute atomic E-state index is 12.2. The van der Waals surface area contributed by atoms with Gasteiger partial charge in [-0.05, 0) is 42.7 Å². The van der Waals surface area contributed by atoms with E-state index in [1.807, 2.05) is 24.3 Å². The Morgan fingerprint density at radius 2 is 1.97 bits per heavy atom. The topological polar surface area (TPSA) is 81.7 Å². The zero-order valence-electron chi connectivity index (χ0n) is 17.2. The molecule has 6 nitrogen and oxygen atoms in total. The van der Waals surface area contributed by atoms with E-state index in [9.17, 15) is 14.4 Å². The third-order valence-electron chi connectivity index (χ3n) is 5.65. The molecule has 0 aromatic heterocycles. The molecule has 1 amide bonds. The number of hydrogen-bond acceptors (Lipinski definition) is 6. The van der Waals surface area contributed by atoms with E-state index < -0.39 is 23.8 Å². The van der Waals surface area contributed by atoms with Crippen LogP contribution in [0.4, 0.5) is 5.69 Å². The molecule has 1 aromatic carbocycles. The number of anilines is 1. The van der Waals surface area contributed by atoms with Gasteiger partial charge in [0.1, 0.15) is 6.10 Å². The van der Waals surface area contributed by atoms with E-state index in [0.717, 1.165) is 29.8 Å². The van der Waals surface area contributed by atoms with Crippen molar-refractivity contribution in [2.45, 2.75) is 62.7 Å². The molecule has 1 fully saturated rings. The molecule has 3 rings (SSSR count). The fraction of sp³-hybridized carbons (Fsp3) is 0.591. The molecule has 7 heteroatoms. The lowest BCUT2D eigenvalue weighted by Crippen LogP contribution is -2.37. The summed E-state index contributed by atoms with van der Waals surface area (Å²) in [7, 11) is 0. The Balaban J connectivity index is 1.46. The van der Waals surface area contributed by atoms with Crippen molar-refractivity contribution in [2.75, 3.05) is 11.9 Å². The first-order chi connectivity index (χ1) is 13.8. The number of amides is 1. The molecule has 1 heterocycles. The van der Waals surface area contributed by atoms with Gasteiger partial charge < -0.3 is 14.8 Å². The molecule has 1 aromatic rings. The third kappa shape index (κ3) is 5.75. The van der Waals surface area contributed by atoms with Crippen LogP contribution in [0.1, 0.15) is 46.5 Å². The molecule has 1 saturated carbocycles. The van der Waals surface area contributed by atoms with Crippen LogP contribution in [0.2, 0.25) is 0 Å². The number of fused-ring (bicyclic) bond motifs is 1. The Bertz CT molecular complexity index is 765. The highest BCUT2D eigenvalue weighted by molar-refractivity contribution is 8.01. The second-order valence-corrected chi connectivity index (χ2v) is 9.56. The second kappa shape index (κ2) is 9.65. The summed E-state index contributed by atoms with van der Waals surface area (Å²) in [5, 5.41) is 2.22. The standard InChI is InChI=1S/C22H29NO5S/c1-13(2)15-9-8-14(3)10-17(15)28-21(25)12-27-20(24)11-19-22(26)23-16-6-4-5-7-18(16)29-19/h4-7,13-15,17,19H,8-12H2,1-3H3,(H,23,26)/t14-,15-,17-,19-/m1/s1. The number of carbonyl (C=O) groups is 3. The van der Waals surface area contributed by atoms with Crippen molar-refractivity contribution >= 4 is 35.3 Å². The Kier molecular flexibility index (Phi) is 7.22. The minimum absolute atomic E-state index is 0.0901. The minimum Gasteiger partial charge on any atom is -0.460 e. The molecule has 0 bridgehead atoms. The number of esters is 2. The minimum atomic E-state index is -0.577. The van der Waals surface area contributed by atoms with E-state index in [1.54, 1.807) is 0 Å². The average molecular weight is 420 g/mol. The number of ether oxygens (including phenoxy) is 2. The maximum Gasteiger partial charge on any atom is 0.344 e. The number of benzene rings is 1. The summed E-state index contributed by atoms with van der Waals surface area (Å²) < 4.78 is 10.7. The van der Waals surface area contributed by atoms with Gasteiger partial charge in [0.25, 0.3) is 0 Å². The molecular formula is C22H29NO5S. The molecule has 2 aliphatic rings. The first-order valence-corrected chi connectivity index (χ1v) is 11.1. The first-order valence-electron chi connectivity index (χ1n) is 10.2. The average Bonchev–Trinajstić information content (AvgIpc) is 2.67. The SMILES string of the molecule is CC(C)[C@H]1CC[C@@H](C)C[C@H]1OC(=O)COC(=O)C[C@H]1Sc2ccccc2NC1=O.